The lowest BCUT2D eigenvalue weighted by atomic mass is 9.84. The van der Waals surface area contributed by atoms with Crippen molar-refractivity contribution in [3.05, 3.63) is 0 Å². The van der Waals surface area contributed by atoms with Gasteiger partial charge in [0.25, 0.3) is 0 Å². The van der Waals surface area contributed by atoms with Crippen LogP contribution in [0.5, 0.6) is 0 Å². The van der Waals surface area contributed by atoms with Crippen LogP contribution < -0.4 is 11.1 Å². The minimum absolute atomic E-state index is 0.0510. The summed E-state index contributed by atoms with van der Waals surface area (Å²) in [6.45, 7) is 6.93. The number of rotatable bonds is 8. The molecule has 1 amide bonds. The summed E-state index contributed by atoms with van der Waals surface area (Å²) in [5.74, 6) is 0.0612. The molecule has 1 atom stereocenters. The number of aliphatic hydroxyl groups excluding tert-OH is 1. The Bertz CT molecular complexity index is 205. The van der Waals surface area contributed by atoms with Gasteiger partial charge in [0.2, 0.25) is 5.91 Å². The molecule has 1 unspecified atom stereocenters. The van der Waals surface area contributed by atoms with Gasteiger partial charge in [0.15, 0.2) is 0 Å². The second-order valence-electron chi connectivity index (χ2n) is 5.18. The first kappa shape index (κ1) is 15.4. The van der Waals surface area contributed by atoms with Crippen LogP contribution in [-0.4, -0.2) is 30.2 Å². The molecule has 0 aliphatic carbocycles. The SMILES string of the molecule is CC(CCO)NC(=O)CCC(C)(C)CCN. The van der Waals surface area contributed by atoms with E-state index in [2.05, 4.69) is 19.2 Å². The number of hydrogen-bond donors (Lipinski definition) is 3. The minimum atomic E-state index is 0.0510. The van der Waals surface area contributed by atoms with Crippen molar-refractivity contribution in [2.45, 2.75) is 52.5 Å². The van der Waals surface area contributed by atoms with Crippen LogP contribution in [0.3, 0.4) is 0 Å². The normalized spacial score (nSPS) is 13.6. The van der Waals surface area contributed by atoms with Crippen LogP contribution in [0, 0.1) is 5.41 Å². The number of aliphatic hydroxyl groups is 1. The standard InChI is InChI=1S/C12H26N2O2/c1-10(5-9-15)14-11(16)4-6-12(2,3)7-8-13/h10,15H,4-9,13H2,1-3H3,(H,14,16). The Hall–Kier alpha value is -0.610. The third-order valence-corrected chi connectivity index (χ3v) is 2.82. The zero-order chi connectivity index (χ0) is 12.6. The van der Waals surface area contributed by atoms with Crippen molar-refractivity contribution in [1.82, 2.24) is 5.32 Å². The second kappa shape index (κ2) is 7.63. The van der Waals surface area contributed by atoms with Gasteiger partial charge in [-0.1, -0.05) is 13.8 Å². The summed E-state index contributed by atoms with van der Waals surface area (Å²) < 4.78 is 0. The van der Waals surface area contributed by atoms with E-state index < -0.39 is 0 Å². The van der Waals surface area contributed by atoms with Gasteiger partial charge >= 0.3 is 0 Å². The molecule has 0 spiro atoms. The summed E-state index contributed by atoms with van der Waals surface area (Å²) in [6.07, 6.45) is 2.93. The Morgan fingerprint density at radius 2 is 2.06 bits per heavy atom. The van der Waals surface area contributed by atoms with Crippen molar-refractivity contribution >= 4 is 5.91 Å². The van der Waals surface area contributed by atoms with E-state index in [1.165, 1.54) is 0 Å². The lowest BCUT2D eigenvalue weighted by molar-refractivity contribution is -0.122. The molecular formula is C12H26N2O2. The van der Waals surface area contributed by atoms with Gasteiger partial charge in [-0.3, -0.25) is 4.79 Å². The van der Waals surface area contributed by atoms with Crippen molar-refractivity contribution in [2.24, 2.45) is 11.1 Å². The Labute approximate surface area is 98.6 Å². The first-order chi connectivity index (χ1) is 7.41. The van der Waals surface area contributed by atoms with Crippen LogP contribution >= 0.6 is 0 Å². The molecular weight excluding hydrogens is 204 g/mol. The number of nitrogens with one attached hydrogen (secondary N) is 1. The number of hydrogen-bond acceptors (Lipinski definition) is 3. The lowest BCUT2D eigenvalue weighted by Crippen LogP contribution is -2.33. The molecule has 0 aromatic heterocycles. The van der Waals surface area contributed by atoms with Gasteiger partial charge in [0.1, 0.15) is 0 Å². The average Bonchev–Trinajstić information content (AvgIpc) is 2.15. The van der Waals surface area contributed by atoms with Crippen LogP contribution in [0.4, 0.5) is 0 Å². The summed E-state index contributed by atoms with van der Waals surface area (Å²) in [7, 11) is 0. The predicted molar refractivity (Wildman–Crippen MR) is 66.0 cm³/mol. The van der Waals surface area contributed by atoms with Crippen LogP contribution in [0.25, 0.3) is 0 Å². The fraction of sp³-hybridized carbons (Fsp3) is 0.917. The highest BCUT2D eigenvalue weighted by Gasteiger charge is 2.18. The van der Waals surface area contributed by atoms with Crippen molar-refractivity contribution in [3.8, 4) is 0 Å². The van der Waals surface area contributed by atoms with Gasteiger partial charge in [-0.15, -0.1) is 0 Å². The number of nitrogens with two attached hydrogens (primary N) is 1. The van der Waals surface area contributed by atoms with Crippen LogP contribution in [-0.2, 0) is 4.79 Å². The fourth-order valence-electron chi connectivity index (χ4n) is 1.58. The molecule has 0 saturated carbocycles. The topological polar surface area (TPSA) is 75.3 Å². The predicted octanol–water partition coefficient (Wildman–Crippen LogP) is 1.03. The van der Waals surface area contributed by atoms with E-state index in [1.54, 1.807) is 0 Å². The van der Waals surface area contributed by atoms with E-state index in [0.717, 1.165) is 12.8 Å². The maximum Gasteiger partial charge on any atom is 0.220 e. The number of carbonyl (C=O) groups is 1. The van der Waals surface area contributed by atoms with Crippen molar-refractivity contribution in [1.29, 1.82) is 0 Å². The molecule has 0 heterocycles. The number of carbonyl (C=O) groups excluding carboxylic acids is 1. The van der Waals surface area contributed by atoms with Gasteiger partial charge < -0.3 is 16.2 Å². The average molecular weight is 230 g/mol. The summed E-state index contributed by atoms with van der Waals surface area (Å²) in [5.41, 5.74) is 5.64. The highest BCUT2D eigenvalue weighted by Crippen LogP contribution is 2.25. The quantitative estimate of drug-likeness (QED) is 0.583. The summed E-state index contributed by atoms with van der Waals surface area (Å²) >= 11 is 0. The van der Waals surface area contributed by atoms with E-state index in [1.807, 2.05) is 6.92 Å². The van der Waals surface area contributed by atoms with Crippen molar-refractivity contribution in [3.63, 3.8) is 0 Å². The second-order valence-corrected chi connectivity index (χ2v) is 5.18. The lowest BCUT2D eigenvalue weighted by Gasteiger charge is -2.23. The zero-order valence-electron chi connectivity index (χ0n) is 10.8. The molecule has 4 N–H and O–H groups in total. The molecule has 0 radical (unpaired) electrons. The molecule has 0 bridgehead atoms. The first-order valence-electron chi connectivity index (χ1n) is 6.01. The van der Waals surface area contributed by atoms with Gasteiger partial charge in [-0.05, 0) is 38.1 Å². The van der Waals surface area contributed by atoms with E-state index in [0.29, 0.717) is 19.4 Å². The smallest absolute Gasteiger partial charge is 0.220 e. The Morgan fingerprint density at radius 3 is 2.56 bits per heavy atom. The number of amides is 1. The molecule has 0 aromatic rings. The molecule has 4 heteroatoms. The van der Waals surface area contributed by atoms with Gasteiger partial charge in [-0.2, -0.15) is 0 Å². The van der Waals surface area contributed by atoms with Crippen molar-refractivity contribution in [2.75, 3.05) is 13.2 Å². The van der Waals surface area contributed by atoms with Crippen molar-refractivity contribution < 1.29 is 9.90 Å². The molecule has 0 aliphatic heterocycles. The molecule has 16 heavy (non-hydrogen) atoms. The molecule has 4 nitrogen and oxygen atoms in total. The maximum absolute atomic E-state index is 11.6. The van der Waals surface area contributed by atoms with E-state index in [9.17, 15) is 4.79 Å². The Kier molecular flexibility index (Phi) is 7.34. The van der Waals surface area contributed by atoms with E-state index in [4.69, 9.17) is 10.8 Å². The molecule has 0 saturated heterocycles. The summed E-state index contributed by atoms with van der Waals surface area (Å²) in [4.78, 5) is 11.6. The van der Waals surface area contributed by atoms with Crippen LogP contribution in [0.15, 0.2) is 0 Å². The minimum Gasteiger partial charge on any atom is -0.396 e. The third-order valence-electron chi connectivity index (χ3n) is 2.82. The Balaban J connectivity index is 3.80. The van der Waals surface area contributed by atoms with Crippen LogP contribution in [0.1, 0.15) is 46.5 Å². The van der Waals surface area contributed by atoms with Crippen LogP contribution in [0.2, 0.25) is 0 Å². The molecule has 0 aliphatic rings. The highest BCUT2D eigenvalue weighted by molar-refractivity contribution is 5.76. The van der Waals surface area contributed by atoms with E-state index >= 15 is 0 Å². The van der Waals surface area contributed by atoms with Gasteiger partial charge in [0.05, 0.1) is 0 Å². The molecule has 0 aromatic carbocycles. The first-order valence-corrected chi connectivity index (χ1v) is 6.01. The monoisotopic (exact) mass is 230 g/mol. The van der Waals surface area contributed by atoms with Gasteiger partial charge in [0, 0.05) is 19.1 Å². The summed E-state index contributed by atoms with van der Waals surface area (Å²) in [5, 5.41) is 11.6. The third kappa shape index (κ3) is 7.65. The molecule has 0 rings (SSSR count). The van der Waals surface area contributed by atoms with E-state index in [-0.39, 0.29) is 24.0 Å². The molecule has 0 fully saturated rings. The Morgan fingerprint density at radius 1 is 1.44 bits per heavy atom. The zero-order valence-corrected chi connectivity index (χ0v) is 10.8. The largest absolute Gasteiger partial charge is 0.396 e. The van der Waals surface area contributed by atoms with Gasteiger partial charge in [-0.25, -0.2) is 0 Å². The maximum atomic E-state index is 11.6. The highest BCUT2D eigenvalue weighted by atomic mass is 16.3. The fourth-order valence-corrected chi connectivity index (χ4v) is 1.58. The molecule has 96 valence electrons. The summed E-state index contributed by atoms with van der Waals surface area (Å²) in [6, 6.07) is 0.0510.